The summed E-state index contributed by atoms with van der Waals surface area (Å²) in [6.07, 6.45) is 2.88. The van der Waals surface area contributed by atoms with Gasteiger partial charge in [-0.15, -0.1) is 0 Å². The molecule has 2 rings (SSSR count). The molecule has 2 atom stereocenters. The van der Waals surface area contributed by atoms with Crippen LogP contribution in [0.15, 0.2) is 0 Å². The van der Waals surface area contributed by atoms with Crippen molar-refractivity contribution in [2.24, 2.45) is 11.8 Å². The maximum atomic E-state index is 3.63. The van der Waals surface area contributed by atoms with Crippen molar-refractivity contribution in [3.63, 3.8) is 0 Å². The summed E-state index contributed by atoms with van der Waals surface area (Å²) in [6.45, 7) is 10.8. The molecule has 2 aliphatic rings. The highest BCUT2D eigenvalue weighted by Crippen LogP contribution is 2.26. The fourth-order valence-electron chi connectivity index (χ4n) is 3.13. The van der Waals surface area contributed by atoms with Gasteiger partial charge in [-0.3, -0.25) is 4.90 Å². The summed E-state index contributed by atoms with van der Waals surface area (Å²) in [5.41, 5.74) is 0. The third kappa shape index (κ3) is 3.87. The van der Waals surface area contributed by atoms with E-state index in [2.05, 4.69) is 42.7 Å². The van der Waals surface area contributed by atoms with Crippen LogP contribution in [-0.4, -0.2) is 48.1 Å². The Labute approximate surface area is 111 Å². The number of hydrogen-bond donors (Lipinski definition) is 1. The van der Waals surface area contributed by atoms with Gasteiger partial charge in [0.1, 0.15) is 0 Å². The van der Waals surface area contributed by atoms with Crippen LogP contribution in [0.4, 0.5) is 0 Å². The highest BCUT2D eigenvalue weighted by atomic mass is 32.2. The van der Waals surface area contributed by atoms with Crippen molar-refractivity contribution >= 4 is 11.8 Å². The maximum Gasteiger partial charge on any atom is 0.0244 e. The Bertz CT molecular complexity index is 226. The number of thioether (sulfide) groups is 1. The lowest BCUT2D eigenvalue weighted by molar-refractivity contribution is 0.0836. The normalized spacial score (nSPS) is 33.2. The SMILES string of the molecule is CC1CN(CC2CCSCC2)C(C(C)C)CN1. The lowest BCUT2D eigenvalue weighted by Crippen LogP contribution is -2.58. The molecule has 2 aliphatic heterocycles. The van der Waals surface area contributed by atoms with Crippen molar-refractivity contribution in [3.05, 3.63) is 0 Å². The van der Waals surface area contributed by atoms with E-state index in [0.717, 1.165) is 17.9 Å². The van der Waals surface area contributed by atoms with Crippen molar-refractivity contribution in [2.45, 2.75) is 45.7 Å². The first-order valence-electron chi connectivity index (χ1n) is 7.22. The van der Waals surface area contributed by atoms with Gasteiger partial charge in [-0.2, -0.15) is 11.8 Å². The maximum absolute atomic E-state index is 3.63. The zero-order valence-electron chi connectivity index (χ0n) is 11.6. The van der Waals surface area contributed by atoms with E-state index in [0.29, 0.717) is 6.04 Å². The zero-order valence-corrected chi connectivity index (χ0v) is 12.4. The molecule has 0 aromatic heterocycles. The monoisotopic (exact) mass is 256 g/mol. The molecular weight excluding hydrogens is 228 g/mol. The molecule has 2 unspecified atom stereocenters. The van der Waals surface area contributed by atoms with Crippen LogP contribution < -0.4 is 5.32 Å². The first kappa shape index (κ1) is 13.7. The van der Waals surface area contributed by atoms with Crippen molar-refractivity contribution < 1.29 is 0 Å². The lowest BCUT2D eigenvalue weighted by atomic mass is 9.95. The summed E-state index contributed by atoms with van der Waals surface area (Å²) in [7, 11) is 0. The Morgan fingerprint density at radius 2 is 2.00 bits per heavy atom. The molecule has 0 radical (unpaired) electrons. The minimum Gasteiger partial charge on any atom is -0.311 e. The molecule has 0 aliphatic carbocycles. The van der Waals surface area contributed by atoms with Crippen LogP contribution in [0.2, 0.25) is 0 Å². The molecule has 1 N–H and O–H groups in total. The quantitative estimate of drug-likeness (QED) is 0.835. The Morgan fingerprint density at radius 3 is 2.65 bits per heavy atom. The minimum atomic E-state index is 0.669. The highest BCUT2D eigenvalue weighted by molar-refractivity contribution is 7.99. The summed E-state index contributed by atoms with van der Waals surface area (Å²) in [4.78, 5) is 2.77. The van der Waals surface area contributed by atoms with Gasteiger partial charge < -0.3 is 5.32 Å². The van der Waals surface area contributed by atoms with Gasteiger partial charge in [0.15, 0.2) is 0 Å². The molecule has 2 heterocycles. The number of hydrogen-bond acceptors (Lipinski definition) is 3. The van der Waals surface area contributed by atoms with E-state index in [1.165, 1.54) is 44.0 Å². The molecule has 17 heavy (non-hydrogen) atoms. The van der Waals surface area contributed by atoms with Gasteiger partial charge in [0, 0.05) is 31.7 Å². The second-order valence-corrected chi connectivity index (χ2v) is 7.36. The number of piperazine rings is 1. The molecule has 2 fully saturated rings. The smallest absolute Gasteiger partial charge is 0.0244 e. The average molecular weight is 256 g/mol. The third-order valence-corrected chi connectivity index (χ3v) is 5.30. The molecule has 2 nitrogen and oxygen atoms in total. The Balaban J connectivity index is 1.89. The van der Waals surface area contributed by atoms with E-state index in [9.17, 15) is 0 Å². The van der Waals surface area contributed by atoms with Gasteiger partial charge in [-0.1, -0.05) is 13.8 Å². The summed E-state index contributed by atoms with van der Waals surface area (Å²) < 4.78 is 0. The van der Waals surface area contributed by atoms with Gasteiger partial charge in [0.2, 0.25) is 0 Å². The molecule has 0 aromatic rings. The topological polar surface area (TPSA) is 15.3 Å². The van der Waals surface area contributed by atoms with E-state index in [1.807, 2.05) is 0 Å². The van der Waals surface area contributed by atoms with Crippen LogP contribution in [0.3, 0.4) is 0 Å². The van der Waals surface area contributed by atoms with E-state index < -0.39 is 0 Å². The number of nitrogens with one attached hydrogen (secondary N) is 1. The lowest BCUT2D eigenvalue weighted by Gasteiger charge is -2.43. The Hall–Kier alpha value is 0.270. The molecule has 0 amide bonds. The van der Waals surface area contributed by atoms with Gasteiger partial charge in [-0.05, 0) is 43.1 Å². The Morgan fingerprint density at radius 1 is 1.29 bits per heavy atom. The van der Waals surface area contributed by atoms with Gasteiger partial charge in [0.05, 0.1) is 0 Å². The van der Waals surface area contributed by atoms with Crippen molar-refractivity contribution in [2.75, 3.05) is 31.1 Å². The fourth-order valence-corrected chi connectivity index (χ4v) is 4.33. The van der Waals surface area contributed by atoms with Crippen molar-refractivity contribution in [1.82, 2.24) is 10.2 Å². The highest BCUT2D eigenvalue weighted by Gasteiger charge is 2.29. The van der Waals surface area contributed by atoms with Gasteiger partial charge in [-0.25, -0.2) is 0 Å². The molecular formula is C14H28N2S. The molecule has 0 aromatic carbocycles. The molecule has 0 bridgehead atoms. The third-order valence-electron chi connectivity index (χ3n) is 4.26. The van der Waals surface area contributed by atoms with Crippen molar-refractivity contribution in [1.29, 1.82) is 0 Å². The van der Waals surface area contributed by atoms with Gasteiger partial charge in [0.25, 0.3) is 0 Å². The summed E-state index contributed by atoms with van der Waals surface area (Å²) in [6, 6.07) is 1.42. The van der Waals surface area contributed by atoms with Crippen LogP contribution in [0.25, 0.3) is 0 Å². The fraction of sp³-hybridized carbons (Fsp3) is 1.00. The van der Waals surface area contributed by atoms with E-state index in [-0.39, 0.29) is 0 Å². The zero-order chi connectivity index (χ0) is 12.3. The molecule has 3 heteroatoms. The predicted molar refractivity (Wildman–Crippen MR) is 77.7 cm³/mol. The van der Waals surface area contributed by atoms with Crippen LogP contribution >= 0.6 is 11.8 Å². The average Bonchev–Trinajstić information content (AvgIpc) is 2.30. The van der Waals surface area contributed by atoms with Gasteiger partial charge >= 0.3 is 0 Å². The van der Waals surface area contributed by atoms with E-state index in [4.69, 9.17) is 0 Å². The summed E-state index contributed by atoms with van der Waals surface area (Å²) in [5, 5.41) is 3.63. The molecule has 0 saturated carbocycles. The first-order valence-corrected chi connectivity index (χ1v) is 8.37. The van der Waals surface area contributed by atoms with Crippen LogP contribution in [-0.2, 0) is 0 Å². The van der Waals surface area contributed by atoms with E-state index in [1.54, 1.807) is 0 Å². The summed E-state index contributed by atoms with van der Waals surface area (Å²) in [5.74, 6) is 4.51. The number of rotatable bonds is 3. The van der Waals surface area contributed by atoms with Crippen LogP contribution in [0.1, 0.15) is 33.6 Å². The van der Waals surface area contributed by atoms with Crippen LogP contribution in [0, 0.1) is 11.8 Å². The second kappa shape index (κ2) is 6.44. The van der Waals surface area contributed by atoms with E-state index >= 15 is 0 Å². The predicted octanol–water partition coefficient (Wildman–Crippen LogP) is 2.45. The molecule has 100 valence electrons. The summed E-state index contributed by atoms with van der Waals surface area (Å²) >= 11 is 2.14. The van der Waals surface area contributed by atoms with Crippen LogP contribution in [0.5, 0.6) is 0 Å². The standard InChI is InChI=1S/C14H28N2S/c1-11(2)14-8-15-12(3)9-16(14)10-13-4-6-17-7-5-13/h11-15H,4-10H2,1-3H3. The second-order valence-electron chi connectivity index (χ2n) is 6.13. The molecule has 0 spiro atoms. The van der Waals surface area contributed by atoms with Crippen molar-refractivity contribution in [3.8, 4) is 0 Å². The number of nitrogens with zero attached hydrogens (tertiary/aromatic N) is 1. The largest absolute Gasteiger partial charge is 0.311 e. The minimum absolute atomic E-state index is 0.669. The first-order chi connectivity index (χ1) is 8.16. The Kier molecular flexibility index (Phi) is 5.19. The molecule has 2 saturated heterocycles.